The zero-order chi connectivity index (χ0) is 15.0. The van der Waals surface area contributed by atoms with Crippen molar-refractivity contribution in [3.05, 3.63) is 29.8 Å². The first-order chi connectivity index (χ1) is 9.46. The number of carbonyl (C=O) groups is 1. The molecule has 1 aromatic rings. The van der Waals surface area contributed by atoms with Gasteiger partial charge in [-0.2, -0.15) is 0 Å². The van der Waals surface area contributed by atoms with E-state index in [-0.39, 0.29) is 28.8 Å². The van der Waals surface area contributed by atoms with Crippen LogP contribution in [0.1, 0.15) is 10.4 Å². The van der Waals surface area contributed by atoms with Crippen LogP contribution in [0, 0.1) is 0 Å². The summed E-state index contributed by atoms with van der Waals surface area (Å²) in [5.41, 5.74) is 0.173. The Morgan fingerprint density at radius 3 is 2.48 bits per heavy atom. The standard InChI is InChI=1S/C13H20N2O4S.ClH/c1-19-10-9-14-7-8-15-13(16)11-5-3-4-6-12(11)20(2,17)18;/h3-6,14H,7-10H2,1-2H3,(H,15,16);1H. The van der Waals surface area contributed by atoms with Crippen molar-refractivity contribution in [2.75, 3.05) is 39.6 Å². The van der Waals surface area contributed by atoms with Gasteiger partial charge in [-0.3, -0.25) is 4.79 Å². The quantitative estimate of drug-likeness (QED) is 0.674. The molecule has 0 saturated carbocycles. The molecule has 0 aliphatic heterocycles. The van der Waals surface area contributed by atoms with Crippen LogP contribution >= 0.6 is 12.4 Å². The molecule has 0 aromatic heterocycles. The van der Waals surface area contributed by atoms with Crippen molar-refractivity contribution in [3.63, 3.8) is 0 Å². The lowest BCUT2D eigenvalue weighted by Gasteiger charge is -2.09. The molecule has 0 aliphatic carbocycles. The summed E-state index contributed by atoms with van der Waals surface area (Å²) >= 11 is 0. The summed E-state index contributed by atoms with van der Waals surface area (Å²) < 4.78 is 28.1. The van der Waals surface area contributed by atoms with Crippen LogP contribution in [0.15, 0.2) is 29.2 Å². The van der Waals surface area contributed by atoms with Gasteiger partial charge in [0.2, 0.25) is 0 Å². The highest BCUT2D eigenvalue weighted by Gasteiger charge is 2.17. The third-order valence-corrected chi connectivity index (χ3v) is 3.76. The number of hydrogen-bond acceptors (Lipinski definition) is 5. The Bertz CT molecular complexity index is 549. The van der Waals surface area contributed by atoms with E-state index >= 15 is 0 Å². The third-order valence-electron chi connectivity index (χ3n) is 2.60. The van der Waals surface area contributed by atoms with Gasteiger partial charge in [0.1, 0.15) is 0 Å². The smallest absolute Gasteiger partial charge is 0.252 e. The first-order valence-corrected chi connectivity index (χ1v) is 8.13. The van der Waals surface area contributed by atoms with E-state index in [0.29, 0.717) is 26.2 Å². The number of benzene rings is 1. The van der Waals surface area contributed by atoms with Crippen LogP contribution in [-0.4, -0.2) is 53.9 Å². The van der Waals surface area contributed by atoms with Crippen LogP contribution in [-0.2, 0) is 14.6 Å². The van der Waals surface area contributed by atoms with Crippen LogP contribution in [0.4, 0.5) is 0 Å². The van der Waals surface area contributed by atoms with E-state index in [4.69, 9.17) is 4.74 Å². The lowest BCUT2D eigenvalue weighted by atomic mass is 10.2. The van der Waals surface area contributed by atoms with Gasteiger partial charge in [-0.1, -0.05) is 12.1 Å². The fourth-order valence-electron chi connectivity index (χ4n) is 1.64. The number of halogens is 1. The zero-order valence-corrected chi connectivity index (χ0v) is 13.7. The Hall–Kier alpha value is -1.15. The zero-order valence-electron chi connectivity index (χ0n) is 12.1. The number of amides is 1. The van der Waals surface area contributed by atoms with E-state index < -0.39 is 9.84 Å². The molecule has 21 heavy (non-hydrogen) atoms. The molecule has 0 bridgehead atoms. The van der Waals surface area contributed by atoms with E-state index in [9.17, 15) is 13.2 Å². The van der Waals surface area contributed by atoms with Gasteiger partial charge in [0.05, 0.1) is 17.1 Å². The predicted octanol–water partition coefficient (Wildman–Crippen LogP) is 0.478. The molecule has 2 N–H and O–H groups in total. The van der Waals surface area contributed by atoms with Crippen molar-refractivity contribution in [3.8, 4) is 0 Å². The average molecular weight is 337 g/mol. The average Bonchev–Trinajstić information content (AvgIpc) is 2.41. The topological polar surface area (TPSA) is 84.5 Å². The number of carbonyl (C=O) groups excluding carboxylic acids is 1. The van der Waals surface area contributed by atoms with Crippen molar-refractivity contribution in [1.29, 1.82) is 0 Å². The van der Waals surface area contributed by atoms with Gasteiger partial charge in [0.25, 0.3) is 5.91 Å². The Kier molecular flexibility index (Phi) is 9.19. The van der Waals surface area contributed by atoms with Gasteiger partial charge in [0, 0.05) is 33.0 Å². The van der Waals surface area contributed by atoms with Crippen molar-refractivity contribution in [2.45, 2.75) is 4.90 Å². The first-order valence-electron chi connectivity index (χ1n) is 6.23. The predicted molar refractivity (Wildman–Crippen MR) is 83.9 cm³/mol. The molecule has 6 nitrogen and oxygen atoms in total. The van der Waals surface area contributed by atoms with Crippen LogP contribution < -0.4 is 10.6 Å². The van der Waals surface area contributed by atoms with Gasteiger partial charge in [-0.15, -0.1) is 12.4 Å². The number of hydrogen-bond donors (Lipinski definition) is 2. The minimum atomic E-state index is -3.41. The minimum Gasteiger partial charge on any atom is -0.383 e. The van der Waals surface area contributed by atoms with E-state index in [1.165, 1.54) is 12.1 Å². The largest absolute Gasteiger partial charge is 0.383 e. The molecular weight excluding hydrogens is 316 g/mol. The Morgan fingerprint density at radius 2 is 1.86 bits per heavy atom. The molecule has 0 saturated heterocycles. The summed E-state index contributed by atoms with van der Waals surface area (Å²) in [5.74, 6) is -0.389. The third kappa shape index (κ3) is 6.90. The maximum absolute atomic E-state index is 12.0. The molecule has 120 valence electrons. The lowest BCUT2D eigenvalue weighted by molar-refractivity contribution is 0.0950. The van der Waals surface area contributed by atoms with E-state index in [2.05, 4.69) is 10.6 Å². The summed E-state index contributed by atoms with van der Waals surface area (Å²) in [5, 5.41) is 5.76. The van der Waals surface area contributed by atoms with Crippen LogP contribution in [0.5, 0.6) is 0 Å². The molecule has 0 spiro atoms. The van der Waals surface area contributed by atoms with Crippen molar-refractivity contribution in [1.82, 2.24) is 10.6 Å². The summed E-state index contributed by atoms with van der Waals surface area (Å²) in [6.45, 7) is 2.31. The number of methoxy groups -OCH3 is 1. The van der Waals surface area contributed by atoms with Gasteiger partial charge in [0.15, 0.2) is 9.84 Å². The molecule has 8 heteroatoms. The fourth-order valence-corrected chi connectivity index (χ4v) is 2.52. The molecule has 1 rings (SSSR count). The number of nitrogens with one attached hydrogen (secondary N) is 2. The molecular formula is C13H21ClN2O4S. The molecule has 0 heterocycles. The summed E-state index contributed by atoms with van der Waals surface area (Å²) in [7, 11) is -1.80. The van der Waals surface area contributed by atoms with Crippen LogP contribution in [0.25, 0.3) is 0 Å². The molecule has 0 fully saturated rings. The second-order valence-corrected chi connectivity index (χ2v) is 6.25. The summed E-state index contributed by atoms with van der Waals surface area (Å²) in [6.07, 6.45) is 1.09. The van der Waals surface area contributed by atoms with Gasteiger partial charge < -0.3 is 15.4 Å². The van der Waals surface area contributed by atoms with Gasteiger partial charge in [-0.05, 0) is 12.1 Å². The van der Waals surface area contributed by atoms with Gasteiger partial charge >= 0.3 is 0 Å². The molecule has 0 radical (unpaired) electrons. The molecule has 0 atom stereocenters. The lowest BCUT2D eigenvalue weighted by Crippen LogP contribution is -2.33. The van der Waals surface area contributed by atoms with Gasteiger partial charge in [-0.25, -0.2) is 8.42 Å². The SMILES string of the molecule is COCCNCCNC(=O)c1ccccc1S(C)(=O)=O.Cl. The minimum absolute atomic E-state index is 0. The molecule has 1 amide bonds. The van der Waals surface area contributed by atoms with Crippen molar-refractivity contribution in [2.24, 2.45) is 0 Å². The normalized spacial score (nSPS) is 10.8. The monoisotopic (exact) mass is 336 g/mol. The maximum Gasteiger partial charge on any atom is 0.252 e. The molecule has 1 aromatic carbocycles. The van der Waals surface area contributed by atoms with Crippen molar-refractivity contribution >= 4 is 28.2 Å². The second kappa shape index (κ2) is 9.73. The second-order valence-electron chi connectivity index (χ2n) is 4.27. The van der Waals surface area contributed by atoms with Crippen LogP contribution in [0.2, 0.25) is 0 Å². The number of sulfone groups is 1. The van der Waals surface area contributed by atoms with E-state index in [1.54, 1.807) is 19.2 Å². The summed E-state index contributed by atoms with van der Waals surface area (Å²) in [4.78, 5) is 12.0. The highest BCUT2D eigenvalue weighted by molar-refractivity contribution is 7.90. The number of ether oxygens (including phenoxy) is 1. The Balaban J connectivity index is 0.00000400. The highest BCUT2D eigenvalue weighted by Crippen LogP contribution is 2.14. The highest BCUT2D eigenvalue weighted by atomic mass is 35.5. The Morgan fingerprint density at radius 1 is 1.19 bits per heavy atom. The Labute approximate surface area is 131 Å². The maximum atomic E-state index is 12.0. The summed E-state index contributed by atoms with van der Waals surface area (Å²) in [6, 6.07) is 6.17. The van der Waals surface area contributed by atoms with Crippen molar-refractivity contribution < 1.29 is 17.9 Å². The fraction of sp³-hybridized carbons (Fsp3) is 0.462. The van der Waals surface area contributed by atoms with E-state index in [0.717, 1.165) is 6.26 Å². The first kappa shape index (κ1) is 19.9. The molecule has 0 unspecified atom stereocenters. The number of rotatable bonds is 8. The molecule has 0 aliphatic rings. The van der Waals surface area contributed by atoms with E-state index in [1.807, 2.05) is 0 Å². The van der Waals surface area contributed by atoms with Crippen LogP contribution in [0.3, 0.4) is 0 Å².